The van der Waals surface area contributed by atoms with Crippen LogP contribution in [0.25, 0.3) is 0 Å². The highest BCUT2D eigenvalue weighted by Crippen LogP contribution is 2.46. The highest BCUT2D eigenvalue weighted by atomic mass is 32.1. The van der Waals surface area contributed by atoms with Gasteiger partial charge in [0.1, 0.15) is 15.6 Å². The van der Waals surface area contributed by atoms with Crippen LogP contribution in [-0.2, 0) is 0 Å². The third kappa shape index (κ3) is 3.26. The quantitative estimate of drug-likeness (QED) is 0.877. The standard InChI is InChI=1S/C15H25N3O2S/c1-5-10-6-7-18(8-10)15-12(20-9(2)3)11(16)13(21-15)14(19)17-4/h9-10H,5-8,16H2,1-4H3,(H,17,19). The molecule has 118 valence electrons. The van der Waals surface area contributed by atoms with Crippen molar-refractivity contribution in [2.45, 2.75) is 39.7 Å². The van der Waals surface area contributed by atoms with E-state index in [-0.39, 0.29) is 12.0 Å². The summed E-state index contributed by atoms with van der Waals surface area (Å²) in [5.41, 5.74) is 6.62. The monoisotopic (exact) mass is 311 g/mol. The third-order valence-electron chi connectivity index (χ3n) is 3.82. The van der Waals surface area contributed by atoms with Gasteiger partial charge in [0.2, 0.25) is 0 Å². The topological polar surface area (TPSA) is 67.6 Å². The number of rotatable bonds is 5. The Morgan fingerprint density at radius 3 is 2.81 bits per heavy atom. The molecular formula is C15H25N3O2S. The molecule has 3 N–H and O–H groups in total. The number of nitrogens with one attached hydrogen (secondary N) is 1. The van der Waals surface area contributed by atoms with Crippen LogP contribution in [0.2, 0.25) is 0 Å². The van der Waals surface area contributed by atoms with E-state index in [1.807, 2.05) is 13.8 Å². The molecule has 0 spiro atoms. The highest BCUT2D eigenvalue weighted by molar-refractivity contribution is 7.19. The second-order valence-corrected chi connectivity index (χ2v) is 6.73. The van der Waals surface area contributed by atoms with Gasteiger partial charge >= 0.3 is 0 Å². The number of amides is 1. The van der Waals surface area contributed by atoms with Gasteiger partial charge in [0.15, 0.2) is 5.75 Å². The van der Waals surface area contributed by atoms with Crippen molar-refractivity contribution >= 4 is 27.9 Å². The van der Waals surface area contributed by atoms with Gasteiger partial charge in [-0.2, -0.15) is 0 Å². The minimum Gasteiger partial charge on any atom is -0.486 e. The first-order valence-electron chi connectivity index (χ1n) is 7.53. The maximum absolute atomic E-state index is 12.0. The van der Waals surface area contributed by atoms with Crippen LogP contribution < -0.4 is 20.7 Å². The molecule has 1 aliphatic rings. The Kier molecular flexibility index (Phi) is 4.98. The smallest absolute Gasteiger partial charge is 0.263 e. The summed E-state index contributed by atoms with van der Waals surface area (Å²) >= 11 is 1.43. The van der Waals surface area contributed by atoms with Crippen LogP contribution in [0.1, 0.15) is 43.3 Å². The number of anilines is 2. The van der Waals surface area contributed by atoms with Crippen molar-refractivity contribution in [2.75, 3.05) is 30.8 Å². The SMILES string of the molecule is CCC1CCN(c2sc(C(=O)NC)c(N)c2OC(C)C)C1. The molecule has 2 heterocycles. The van der Waals surface area contributed by atoms with Crippen LogP contribution in [0, 0.1) is 5.92 Å². The first kappa shape index (κ1) is 15.9. The molecule has 1 aromatic rings. The largest absolute Gasteiger partial charge is 0.486 e. The van der Waals surface area contributed by atoms with Crippen LogP contribution in [0.5, 0.6) is 5.75 Å². The summed E-state index contributed by atoms with van der Waals surface area (Å²) in [4.78, 5) is 14.8. The van der Waals surface area contributed by atoms with Gasteiger partial charge < -0.3 is 20.7 Å². The Morgan fingerprint density at radius 1 is 1.57 bits per heavy atom. The minimum absolute atomic E-state index is 0.0303. The molecule has 5 nitrogen and oxygen atoms in total. The number of nitrogen functional groups attached to an aromatic ring is 1. The number of nitrogens with zero attached hydrogens (tertiary/aromatic N) is 1. The molecule has 1 aliphatic heterocycles. The van der Waals surface area contributed by atoms with Crippen molar-refractivity contribution in [1.82, 2.24) is 5.32 Å². The molecule has 6 heteroatoms. The van der Waals surface area contributed by atoms with Crippen LogP contribution >= 0.6 is 11.3 Å². The van der Waals surface area contributed by atoms with Crippen LogP contribution in [-0.4, -0.2) is 32.1 Å². The normalized spacial score (nSPS) is 18.3. The number of carbonyl (C=O) groups is 1. The minimum atomic E-state index is -0.149. The van der Waals surface area contributed by atoms with Crippen molar-refractivity contribution in [3.63, 3.8) is 0 Å². The summed E-state index contributed by atoms with van der Waals surface area (Å²) < 4.78 is 5.90. The Balaban J connectivity index is 2.36. The second-order valence-electron chi connectivity index (χ2n) is 5.73. The summed E-state index contributed by atoms with van der Waals surface area (Å²) in [5.74, 6) is 1.23. The summed E-state index contributed by atoms with van der Waals surface area (Å²) in [6, 6.07) is 0. The van der Waals surface area contributed by atoms with Crippen LogP contribution in [0.4, 0.5) is 10.7 Å². The van der Waals surface area contributed by atoms with Crippen molar-refractivity contribution in [2.24, 2.45) is 5.92 Å². The predicted molar refractivity (Wildman–Crippen MR) is 88.5 cm³/mol. The number of ether oxygens (including phenoxy) is 1. The Labute approximate surface area is 130 Å². The van der Waals surface area contributed by atoms with E-state index in [4.69, 9.17) is 10.5 Å². The van der Waals surface area contributed by atoms with E-state index in [9.17, 15) is 4.79 Å². The van der Waals surface area contributed by atoms with Gasteiger partial charge in [0, 0.05) is 20.1 Å². The van der Waals surface area contributed by atoms with E-state index in [0.717, 1.165) is 18.1 Å². The fourth-order valence-corrected chi connectivity index (χ4v) is 3.74. The highest BCUT2D eigenvalue weighted by Gasteiger charge is 2.30. The lowest BCUT2D eigenvalue weighted by molar-refractivity contribution is 0.0967. The number of hydrogen-bond donors (Lipinski definition) is 2. The van der Waals surface area contributed by atoms with Crippen molar-refractivity contribution in [3.05, 3.63) is 4.88 Å². The Morgan fingerprint density at radius 2 is 2.29 bits per heavy atom. The number of thiophene rings is 1. The van der Waals surface area contributed by atoms with Gasteiger partial charge in [-0.05, 0) is 26.2 Å². The molecule has 1 amide bonds. The summed E-state index contributed by atoms with van der Waals surface area (Å²) in [6.07, 6.45) is 2.40. The molecule has 1 saturated heterocycles. The lowest BCUT2D eigenvalue weighted by Gasteiger charge is -2.20. The summed E-state index contributed by atoms with van der Waals surface area (Å²) in [6.45, 7) is 8.18. The fraction of sp³-hybridized carbons (Fsp3) is 0.667. The van der Waals surface area contributed by atoms with Crippen LogP contribution in [0.15, 0.2) is 0 Å². The first-order chi connectivity index (χ1) is 9.97. The third-order valence-corrected chi connectivity index (χ3v) is 5.07. The zero-order valence-corrected chi connectivity index (χ0v) is 14.0. The fourth-order valence-electron chi connectivity index (χ4n) is 2.61. The lowest BCUT2D eigenvalue weighted by atomic mass is 10.1. The van der Waals surface area contributed by atoms with Crippen LogP contribution in [0.3, 0.4) is 0 Å². The van der Waals surface area contributed by atoms with Gasteiger partial charge in [-0.25, -0.2) is 0 Å². The summed E-state index contributed by atoms with van der Waals surface area (Å²) in [5, 5.41) is 3.64. The molecule has 2 rings (SSSR count). The molecular weight excluding hydrogens is 286 g/mol. The van der Waals surface area contributed by atoms with Gasteiger partial charge in [-0.15, -0.1) is 11.3 Å². The van der Waals surface area contributed by atoms with Crippen molar-refractivity contribution in [1.29, 1.82) is 0 Å². The van der Waals surface area contributed by atoms with E-state index in [1.165, 1.54) is 24.2 Å². The van der Waals surface area contributed by atoms with E-state index >= 15 is 0 Å². The Hall–Kier alpha value is -1.43. The maximum atomic E-state index is 12.0. The van der Waals surface area contributed by atoms with Gasteiger partial charge in [-0.1, -0.05) is 13.3 Å². The maximum Gasteiger partial charge on any atom is 0.263 e. The van der Waals surface area contributed by atoms with Gasteiger partial charge in [-0.3, -0.25) is 4.79 Å². The number of nitrogens with two attached hydrogens (primary N) is 1. The predicted octanol–water partition coefficient (Wildman–Crippen LogP) is 2.71. The molecule has 0 aromatic carbocycles. The van der Waals surface area contributed by atoms with Gasteiger partial charge in [0.25, 0.3) is 5.91 Å². The van der Waals surface area contributed by atoms with Crippen molar-refractivity contribution < 1.29 is 9.53 Å². The molecule has 21 heavy (non-hydrogen) atoms. The molecule has 0 radical (unpaired) electrons. The zero-order chi connectivity index (χ0) is 15.6. The van der Waals surface area contributed by atoms with E-state index in [2.05, 4.69) is 17.1 Å². The summed E-state index contributed by atoms with van der Waals surface area (Å²) in [7, 11) is 1.62. The molecule has 1 fully saturated rings. The second kappa shape index (κ2) is 6.56. The average Bonchev–Trinajstić information content (AvgIpc) is 3.04. The van der Waals surface area contributed by atoms with E-state index < -0.39 is 0 Å². The molecule has 0 aliphatic carbocycles. The van der Waals surface area contributed by atoms with E-state index in [1.54, 1.807) is 7.05 Å². The molecule has 0 bridgehead atoms. The number of hydrogen-bond acceptors (Lipinski definition) is 5. The average molecular weight is 311 g/mol. The van der Waals surface area contributed by atoms with Gasteiger partial charge in [0.05, 0.1) is 6.10 Å². The zero-order valence-electron chi connectivity index (χ0n) is 13.2. The molecule has 0 saturated carbocycles. The van der Waals surface area contributed by atoms with Crippen molar-refractivity contribution in [3.8, 4) is 5.75 Å². The first-order valence-corrected chi connectivity index (χ1v) is 8.35. The Bertz CT molecular complexity index is 513. The molecule has 1 atom stereocenters. The molecule has 1 unspecified atom stereocenters. The molecule has 1 aromatic heterocycles. The van der Waals surface area contributed by atoms with E-state index in [0.29, 0.717) is 22.2 Å². The lowest BCUT2D eigenvalue weighted by Crippen LogP contribution is -2.20. The number of carbonyl (C=O) groups excluding carboxylic acids is 1.